The molecule has 1 N–H and O–H groups in total. The number of aromatic nitrogens is 5. The van der Waals surface area contributed by atoms with Gasteiger partial charge in [0.2, 0.25) is 0 Å². The van der Waals surface area contributed by atoms with Gasteiger partial charge in [-0.2, -0.15) is 10.2 Å². The average molecular weight is 391 g/mol. The molecule has 0 bridgehead atoms. The molecule has 0 saturated heterocycles. The summed E-state index contributed by atoms with van der Waals surface area (Å²) in [6.45, 7) is 0.359. The molecule has 8 heteroatoms. The summed E-state index contributed by atoms with van der Waals surface area (Å²) in [5.41, 5.74) is 3.20. The third kappa shape index (κ3) is 2.45. The van der Waals surface area contributed by atoms with E-state index in [1.54, 1.807) is 18.6 Å². The van der Waals surface area contributed by atoms with Crippen molar-refractivity contribution in [3.05, 3.63) is 64.7 Å². The van der Waals surface area contributed by atoms with E-state index < -0.39 is 11.2 Å². The van der Waals surface area contributed by atoms with Gasteiger partial charge in [0, 0.05) is 29.3 Å². The van der Waals surface area contributed by atoms with Gasteiger partial charge in [0.15, 0.2) is 4.90 Å². The van der Waals surface area contributed by atoms with Crippen LogP contribution in [0.25, 0.3) is 32.7 Å². The predicted octanol–water partition coefficient (Wildman–Crippen LogP) is 2.55. The second kappa shape index (κ2) is 6.22. The van der Waals surface area contributed by atoms with Crippen molar-refractivity contribution in [3.8, 4) is 0 Å². The molecule has 0 aliphatic carbocycles. The number of hydrogen-bond acceptors (Lipinski definition) is 4. The molecule has 0 spiro atoms. The Morgan fingerprint density at radius 1 is 1.14 bits per heavy atom. The fraction of sp³-hybridized carbons (Fsp3) is 0.150. The summed E-state index contributed by atoms with van der Waals surface area (Å²) < 4.78 is 15.2. The van der Waals surface area contributed by atoms with Crippen LogP contribution in [-0.2, 0) is 24.8 Å². The number of nitrogens with one attached hydrogen (secondary N) is 1. The van der Waals surface area contributed by atoms with E-state index in [1.165, 1.54) is 4.68 Å². The number of hydrogen-bond donors (Lipinski definition) is 1. The van der Waals surface area contributed by atoms with Crippen LogP contribution in [0.1, 0.15) is 5.56 Å². The van der Waals surface area contributed by atoms with Gasteiger partial charge < -0.3 is 9.12 Å². The maximum Gasteiger partial charge on any atom is 0.291 e. The summed E-state index contributed by atoms with van der Waals surface area (Å²) in [6.07, 6.45) is 5.14. The van der Waals surface area contributed by atoms with Crippen LogP contribution in [-0.4, -0.2) is 35.4 Å². The SMILES string of the molecule is Cn1c2cc([S+](C)[O-])ccc2c2cnn(Cc3cccc4[nH]ncc34)c(=O)c21. The van der Waals surface area contributed by atoms with Crippen LogP contribution in [0.3, 0.4) is 0 Å². The number of aromatic amines is 1. The molecule has 3 aromatic heterocycles. The van der Waals surface area contributed by atoms with E-state index in [4.69, 9.17) is 0 Å². The van der Waals surface area contributed by atoms with E-state index in [9.17, 15) is 9.35 Å². The minimum Gasteiger partial charge on any atom is -0.612 e. The summed E-state index contributed by atoms with van der Waals surface area (Å²) in [5, 5.41) is 14.1. The first-order valence-corrected chi connectivity index (χ1v) is 10.3. The molecule has 1 atom stereocenters. The highest BCUT2D eigenvalue weighted by molar-refractivity contribution is 7.90. The molecule has 0 radical (unpaired) electrons. The molecular weight excluding hydrogens is 374 g/mol. The van der Waals surface area contributed by atoms with Gasteiger partial charge in [-0.15, -0.1) is 0 Å². The van der Waals surface area contributed by atoms with E-state index in [0.29, 0.717) is 12.1 Å². The summed E-state index contributed by atoms with van der Waals surface area (Å²) in [6, 6.07) is 11.5. The van der Waals surface area contributed by atoms with E-state index in [1.807, 2.05) is 48.0 Å². The second-order valence-electron chi connectivity index (χ2n) is 6.81. The van der Waals surface area contributed by atoms with Gasteiger partial charge in [0.1, 0.15) is 11.8 Å². The van der Waals surface area contributed by atoms with E-state index in [-0.39, 0.29) is 5.56 Å². The zero-order valence-electron chi connectivity index (χ0n) is 15.3. The number of fused-ring (bicyclic) bond motifs is 4. The highest BCUT2D eigenvalue weighted by atomic mass is 32.2. The molecule has 7 nitrogen and oxygen atoms in total. The summed E-state index contributed by atoms with van der Waals surface area (Å²) in [5.74, 6) is 0. The van der Waals surface area contributed by atoms with Crippen molar-refractivity contribution in [2.24, 2.45) is 7.05 Å². The Morgan fingerprint density at radius 2 is 2.00 bits per heavy atom. The van der Waals surface area contributed by atoms with Gasteiger partial charge in [-0.1, -0.05) is 12.1 Å². The van der Waals surface area contributed by atoms with Gasteiger partial charge in [0.25, 0.3) is 5.56 Å². The molecule has 0 fully saturated rings. The third-order valence-corrected chi connectivity index (χ3v) is 6.12. The Balaban J connectivity index is 1.70. The maximum absolute atomic E-state index is 13.2. The van der Waals surface area contributed by atoms with Crippen LogP contribution >= 0.6 is 0 Å². The molecule has 0 aliphatic rings. The molecule has 1 unspecified atom stereocenters. The standard InChI is InChI=1S/C20H17N5O2S/c1-24-18-8-13(28(2)27)6-7-14(18)16-10-22-25(20(26)19(16)24)11-12-4-3-5-17-15(12)9-21-23-17/h3-10H,11H2,1-2H3,(H,21,23). The Hall–Kier alpha value is -3.10. The predicted molar refractivity (Wildman–Crippen MR) is 110 cm³/mol. The van der Waals surface area contributed by atoms with Gasteiger partial charge in [-0.25, -0.2) is 4.68 Å². The van der Waals surface area contributed by atoms with Crippen LogP contribution < -0.4 is 5.56 Å². The first-order valence-electron chi connectivity index (χ1n) is 8.77. The first kappa shape index (κ1) is 17.0. The van der Waals surface area contributed by atoms with Crippen LogP contribution in [0, 0.1) is 0 Å². The molecule has 3 heterocycles. The van der Waals surface area contributed by atoms with Crippen LogP contribution in [0.4, 0.5) is 0 Å². The number of nitrogens with zero attached hydrogens (tertiary/aromatic N) is 4. The zero-order valence-corrected chi connectivity index (χ0v) is 16.2. The van der Waals surface area contributed by atoms with Crippen LogP contribution in [0.5, 0.6) is 0 Å². The minimum atomic E-state index is -1.08. The second-order valence-corrected chi connectivity index (χ2v) is 8.19. The van der Waals surface area contributed by atoms with Crippen molar-refractivity contribution in [2.45, 2.75) is 11.4 Å². The van der Waals surface area contributed by atoms with E-state index in [0.717, 1.165) is 37.7 Å². The van der Waals surface area contributed by atoms with E-state index >= 15 is 0 Å². The minimum absolute atomic E-state index is 0.157. The molecule has 28 heavy (non-hydrogen) atoms. The Kier molecular flexibility index (Phi) is 3.78. The summed E-state index contributed by atoms with van der Waals surface area (Å²) >= 11 is -1.08. The van der Waals surface area contributed by atoms with Gasteiger partial charge in [0.05, 0.1) is 30.0 Å². The average Bonchev–Trinajstić information content (AvgIpc) is 3.28. The molecule has 0 amide bonds. The summed E-state index contributed by atoms with van der Waals surface area (Å²) in [4.78, 5) is 13.9. The molecule has 140 valence electrons. The number of aryl methyl sites for hydroxylation is 1. The van der Waals surface area contributed by atoms with Crippen molar-refractivity contribution in [1.29, 1.82) is 0 Å². The lowest BCUT2D eigenvalue weighted by Crippen LogP contribution is -2.24. The summed E-state index contributed by atoms with van der Waals surface area (Å²) in [7, 11) is 1.86. The third-order valence-electron chi connectivity index (χ3n) is 5.20. The molecule has 0 aliphatic heterocycles. The van der Waals surface area contributed by atoms with Crippen molar-refractivity contribution >= 4 is 43.9 Å². The molecule has 5 aromatic rings. The molecular formula is C20H17N5O2S. The fourth-order valence-electron chi connectivity index (χ4n) is 3.76. The lowest BCUT2D eigenvalue weighted by molar-refractivity contribution is 0.601. The van der Waals surface area contributed by atoms with Crippen molar-refractivity contribution in [2.75, 3.05) is 6.26 Å². The zero-order chi connectivity index (χ0) is 19.4. The van der Waals surface area contributed by atoms with Crippen molar-refractivity contribution < 1.29 is 4.55 Å². The Morgan fingerprint density at radius 3 is 2.82 bits per heavy atom. The normalized spacial score (nSPS) is 13.0. The molecule has 0 saturated carbocycles. The quantitative estimate of drug-likeness (QED) is 0.479. The van der Waals surface area contributed by atoms with Crippen LogP contribution in [0.15, 0.2) is 58.5 Å². The Bertz CT molecular complexity index is 1410. The number of rotatable bonds is 3. The molecule has 5 rings (SSSR count). The Labute approximate surface area is 162 Å². The van der Waals surface area contributed by atoms with Gasteiger partial charge in [-0.3, -0.25) is 9.89 Å². The van der Waals surface area contributed by atoms with Crippen molar-refractivity contribution in [1.82, 2.24) is 24.5 Å². The monoisotopic (exact) mass is 391 g/mol. The van der Waals surface area contributed by atoms with Gasteiger partial charge >= 0.3 is 0 Å². The van der Waals surface area contributed by atoms with Gasteiger partial charge in [-0.05, 0) is 34.9 Å². The van der Waals surface area contributed by atoms with E-state index in [2.05, 4.69) is 15.3 Å². The topological polar surface area (TPSA) is 91.6 Å². The number of H-pyrrole nitrogens is 1. The maximum atomic E-state index is 13.2. The first-order chi connectivity index (χ1) is 13.5. The van der Waals surface area contributed by atoms with Crippen molar-refractivity contribution in [3.63, 3.8) is 0 Å². The lowest BCUT2D eigenvalue weighted by atomic mass is 10.1. The highest BCUT2D eigenvalue weighted by Crippen LogP contribution is 2.28. The largest absolute Gasteiger partial charge is 0.612 e. The highest BCUT2D eigenvalue weighted by Gasteiger charge is 2.17. The fourth-order valence-corrected chi connectivity index (χ4v) is 4.29. The smallest absolute Gasteiger partial charge is 0.291 e. The molecule has 2 aromatic carbocycles. The number of benzene rings is 2. The lowest BCUT2D eigenvalue weighted by Gasteiger charge is -2.07. The van der Waals surface area contributed by atoms with Crippen LogP contribution in [0.2, 0.25) is 0 Å².